The van der Waals surface area contributed by atoms with Crippen LogP contribution in [0, 0.1) is 31.1 Å². The molecule has 1 aliphatic rings. The number of Topliss-reactive ketones (excluding diaryl/α,β-unsaturated/α-hetero) is 1. The number of rotatable bonds is 1. The molecular formula is C13H14N2O. The highest BCUT2D eigenvalue weighted by Crippen LogP contribution is 2.25. The Balaban J connectivity index is 2.27. The van der Waals surface area contributed by atoms with Crippen molar-refractivity contribution >= 4 is 11.5 Å². The van der Waals surface area contributed by atoms with Crippen LogP contribution in [0.3, 0.4) is 0 Å². The monoisotopic (exact) mass is 214 g/mol. The molecule has 1 aromatic carbocycles. The number of nitrogens with zero attached hydrogens (tertiary/aromatic N) is 2. The Kier molecular flexibility index (Phi) is 2.66. The Morgan fingerprint density at radius 2 is 2.19 bits per heavy atom. The summed E-state index contributed by atoms with van der Waals surface area (Å²) in [4.78, 5) is 13.5. The summed E-state index contributed by atoms with van der Waals surface area (Å²) in [5, 5.41) is 8.82. The van der Waals surface area contributed by atoms with Crippen LogP contribution in [0.2, 0.25) is 0 Å². The predicted molar refractivity (Wildman–Crippen MR) is 62.2 cm³/mol. The van der Waals surface area contributed by atoms with E-state index in [1.54, 1.807) is 0 Å². The SMILES string of the molecule is Cc1ccc(N2CC(=O)C(C#N)C2)c(C)c1. The quantitative estimate of drug-likeness (QED) is 0.716. The largest absolute Gasteiger partial charge is 0.362 e. The van der Waals surface area contributed by atoms with Gasteiger partial charge in [0.15, 0.2) is 5.78 Å². The Morgan fingerprint density at radius 1 is 1.44 bits per heavy atom. The van der Waals surface area contributed by atoms with Crippen LogP contribution in [0.15, 0.2) is 18.2 Å². The third-order valence-corrected chi connectivity index (χ3v) is 2.99. The van der Waals surface area contributed by atoms with E-state index >= 15 is 0 Å². The number of carbonyl (C=O) groups excluding carboxylic acids is 1. The molecule has 0 spiro atoms. The van der Waals surface area contributed by atoms with Gasteiger partial charge in [0.1, 0.15) is 5.92 Å². The highest BCUT2D eigenvalue weighted by Gasteiger charge is 2.31. The zero-order valence-corrected chi connectivity index (χ0v) is 9.53. The third kappa shape index (κ3) is 1.79. The fourth-order valence-corrected chi connectivity index (χ4v) is 2.14. The molecule has 82 valence electrons. The number of aryl methyl sites for hydroxylation is 2. The molecule has 0 N–H and O–H groups in total. The molecule has 1 fully saturated rings. The van der Waals surface area contributed by atoms with Gasteiger partial charge in [-0.25, -0.2) is 0 Å². The van der Waals surface area contributed by atoms with Crippen molar-refractivity contribution in [2.45, 2.75) is 13.8 Å². The lowest BCUT2D eigenvalue weighted by atomic mass is 10.1. The van der Waals surface area contributed by atoms with Gasteiger partial charge in [-0.1, -0.05) is 17.7 Å². The first-order valence-corrected chi connectivity index (χ1v) is 5.36. The van der Waals surface area contributed by atoms with Crippen LogP contribution < -0.4 is 4.90 Å². The Hall–Kier alpha value is -1.82. The summed E-state index contributed by atoms with van der Waals surface area (Å²) in [5.41, 5.74) is 3.44. The van der Waals surface area contributed by atoms with Crippen molar-refractivity contribution in [1.82, 2.24) is 0 Å². The number of benzene rings is 1. The zero-order chi connectivity index (χ0) is 11.7. The van der Waals surface area contributed by atoms with Gasteiger partial charge in [-0.15, -0.1) is 0 Å². The topological polar surface area (TPSA) is 44.1 Å². The first-order valence-electron chi connectivity index (χ1n) is 5.36. The summed E-state index contributed by atoms with van der Waals surface area (Å²) in [6, 6.07) is 8.21. The molecule has 0 aliphatic carbocycles. The van der Waals surface area contributed by atoms with Gasteiger partial charge in [0.05, 0.1) is 12.6 Å². The molecule has 0 aromatic heterocycles. The van der Waals surface area contributed by atoms with Crippen LogP contribution in [-0.2, 0) is 4.79 Å². The van der Waals surface area contributed by atoms with Crippen molar-refractivity contribution in [3.05, 3.63) is 29.3 Å². The summed E-state index contributed by atoms with van der Waals surface area (Å²) in [5.74, 6) is -0.428. The van der Waals surface area contributed by atoms with Gasteiger partial charge in [0.2, 0.25) is 0 Å². The van der Waals surface area contributed by atoms with Crippen molar-refractivity contribution in [3.63, 3.8) is 0 Å². The third-order valence-electron chi connectivity index (χ3n) is 2.99. The maximum Gasteiger partial charge on any atom is 0.170 e. The highest BCUT2D eigenvalue weighted by atomic mass is 16.1. The van der Waals surface area contributed by atoms with Crippen molar-refractivity contribution < 1.29 is 4.79 Å². The molecule has 1 saturated heterocycles. The van der Waals surface area contributed by atoms with Crippen molar-refractivity contribution in [3.8, 4) is 6.07 Å². The average molecular weight is 214 g/mol. The van der Waals surface area contributed by atoms with Gasteiger partial charge in [-0.05, 0) is 25.5 Å². The molecule has 0 bridgehead atoms. The normalized spacial score (nSPS) is 19.9. The number of anilines is 1. The van der Waals surface area contributed by atoms with Gasteiger partial charge in [0, 0.05) is 12.2 Å². The van der Waals surface area contributed by atoms with E-state index in [0.717, 1.165) is 11.3 Å². The summed E-state index contributed by atoms with van der Waals surface area (Å²) in [6.07, 6.45) is 0. The minimum atomic E-state index is -0.458. The van der Waals surface area contributed by atoms with Gasteiger partial charge in [-0.3, -0.25) is 4.79 Å². The standard InChI is InChI=1S/C13H14N2O/c1-9-3-4-12(10(2)5-9)15-7-11(6-14)13(16)8-15/h3-5,11H,7-8H2,1-2H3. The summed E-state index contributed by atoms with van der Waals surface area (Å²) >= 11 is 0. The van der Waals surface area contributed by atoms with Gasteiger partial charge in [-0.2, -0.15) is 5.26 Å². The molecule has 1 aliphatic heterocycles. The van der Waals surface area contributed by atoms with Crippen LogP contribution >= 0.6 is 0 Å². The molecule has 0 saturated carbocycles. The van der Waals surface area contributed by atoms with Crippen molar-refractivity contribution in [2.24, 2.45) is 5.92 Å². The second-order valence-electron chi connectivity index (χ2n) is 4.32. The molecule has 16 heavy (non-hydrogen) atoms. The minimum Gasteiger partial charge on any atom is -0.362 e. The van der Waals surface area contributed by atoms with Gasteiger partial charge >= 0.3 is 0 Å². The molecule has 1 atom stereocenters. The van der Waals surface area contributed by atoms with Crippen LogP contribution in [0.25, 0.3) is 0 Å². The van der Waals surface area contributed by atoms with Crippen LogP contribution in [0.5, 0.6) is 0 Å². The Morgan fingerprint density at radius 3 is 2.75 bits per heavy atom. The highest BCUT2D eigenvalue weighted by molar-refractivity contribution is 5.91. The fraction of sp³-hybridized carbons (Fsp3) is 0.385. The maximum atomic E-state index is 11.5. The molecule has 3 heteroatoms. The van der Waals surface area contributed by atoms with E-state index in [1.807, 2.05) is 30.9 Å². The summed E-state index contributed by atoms with van der Waals surface area (Å²) < 4.78 is 0. The van der Waals surface area contributed by atoms with E-state index in [-0.39, 0.29) is 5.78 Å². The van der Waals surface area contributed by atoms with Crippen LogP contribution in [0.4, 0.5) is 5.69 Å². The lowest BCUT2D eigenvalue weighted by molar-refractivity contribution is -0.118. The van der Waals surface area contributed by atoms with E-state index in [9.17, 15) is 4.79 Å². The zero-order valence-electron chi connectivity index (χ0n) is 9.53. The molecule has 0 radical (unpaired) electrons. The second kappa shape index (κ2) is 3.97. The number of hydrogen-bond donors (Lipinski definition) is 0. The molecule has 1 heterocycles. The van der Waals surface area contributed by atoms with Crippen LogP contribution in [0.1, 0.15) is 11.1 Å². The van der Waals surface area contributed by atoms with Crippen molar-refractivity contribution in [2.75, 3.05) is 18.0 Å². The van der Waals surface area contributed by atoms with Gasteiger partial charge in [0.25, 0.3) is 0 Å². The summed E-state index contributed by atoms with van der Waals surface area (Å²) in [6.45, 7) is 4.97. The Labute approximate surface area is 95.3 Å². The number of carbonyl (C=O) groups is 1. The minimum absolute atomic E-state index is 0.0301. The van der Waals surface area contributed by atoms with Crippen molar-refractivity contribution in [1.29, 1.82) is 5.26 Å². The lowest BCUT2D eigenvalue weighted by Gasteiger charge is -2.19. The molecule has 2 rings (SSSR count). The fourth-order valence-electron chi connectivity index (χ4n) is 2.14. The maximum absolute atomic E-state index is 11.5. The molecular weight excluding hydrogens is 200 g/mol. The summed E-state index contributed by atoms with van der Waals surface area (Å²) in [7, 11) is 0. The Bertz CT molecular complexity index is 473. The average Bonchev–Trinajstić information content (AvgIpc) is 2.59. The predicted octanol–water partition coefficient (Wildman–Crippen LogP) is 1.83. The van der Waals surface area contributed by atoms with E-state index in [2.05, 4.69) is 12.1 Å². The second-order valence-corrected chi connectivity index (χ2v) is 4.32. The molecule has 1 aromatic rings. The number of hydrogen-bond acceptors (Lipinski definition) is 3. The van der Waals surface area contributed by atoms with Gasteiger partial charge < -0.3 is 4.90 Å². The van der Waals surface area contributed by atoms with Crippen LogP contribution in [-0.4, -0.2) is 18.9 Å². The van der Waals surface area contributed by atoms with E-state index in [4.69, 9.17) is 5.26 Å². The van der Waals surface area contributed by atoms with E-state index < -0.39 is 5.92 Å². The first kappa shape index (κ1) is 10.7. The smallest absolute Gasteiger partial charge is 0.170 e. The number of ketones is 1. The first-order chi connectivity index (χ1) is 7.61. The molecule has 3 nitrogen and oxygen atoms in total. The van der Waals surface area contributed by atoms with E-state index in [0.29, 0.717) is 13.1 Å². The van der Waals surface area contributed by atoms with E-state index in [1.165, 1.54) is 5.56 Å². The molecule has 0 amide bonds. The lowest BCUT2D eigenvalue weighted by Crippen LogP contribution is -2.20. The molecule has 1 unspecified atom stereocenters. The number of nitriles is 1.